The van der Waals surface area contributed by atoms with Gasteiger partial charge in [-0.25, -0.2) is 9.78 Å². The lowest BCUT2D eigenvalue weighted by molar-refractivity contribution is -0.147. The number of hydrogen-bond acceptors (Lipinski definition) is 6. The average molecular weight is 435 g/mol. The lowest BCUT2D eigenvalue weighted by atomic mass is 10.1. The van der Waals surface area contributed by atoms with Crippen LogP contribution in [-0.4, -0.2) is 40.3 Å². The zero-order chi connectivity index (χ0) is 22.8. The van der Waals surface area contributed by atoms with Gasteiger partial charge in [0, 0.05) is 17.8 Å². The molecular weight excluding hydrogens is 414 g/mol. The van der Waals surface area contributed by atoms with E-state index in [2.05, 4.69) is 10.3 Å². The molecule has 0 aliphatic carbocycles. The maximum absolute atomic E-state index is 13.0. The smallest absolute Gasteiger partial charge is 0.394 e. The van der Waals surface area contributed by atoms with E-state index < -0.39 is 11.9 Å². The highest BCUT2D eigenvalue weighted by Crippen LogP contribution is 2.35. The average Bonchev–Trinajstić information content (AvgIpc) is 3.17. The predicted octanol–water partition coefficient (Wildman–Crippen LogP) is 2.77. The molecule has 9 heteroatoms. The number of rotatable bonds is 5. The van der Waals surface area contributed by atoms with Gasteiger partial charge < -0.3 is 19.9 Å². The number of carboxylic acid groups (broad SMARTS) is 1. The van der Waals surface area contributed by atoms with E-state index >= 15 is 0 Å². The Kier molecular flexibility index (Phi) is 5.63. The van der Waals surface area contributed by atoms with Gasteiger partial charge in [0.15, 0.2) is 11.5 Å². The molecule has 0 saturated heterocycles. The van der Waals surface area contributed by atoms with E-state index in [0.29, 0.717) is 47.8 Å². The number of aromatic nitrogens is 2. The molecule has 0 fully saturated rings. The van der Waals surface area contributed by atoms with Gasteiger partial charge >= 0.3 is 11.9 Å². The lowest BCUT2D eigenvalue weighted by Gasteiger charge is -2.12. The van der Waals surface area contributed by atoms with E-state index in [9.17, 15) is 14.4 Å². The van der Waals surface area contributed by atoms with Crippen molar-refractivity contribution in [2.24, 2.45) is 0 Å². The summed E-state index contributed by atoms with van der Waals surface area (Å²) >= 11 is 0. The third kappa shape index (κ3) is 3.80. The molecule has 9 nitrogen and oxygen atoms in total. The molecule has 2 aromatic carbocycles. The van der Waals surface area contributed by atoms with E-state index in [1.165, 1.54) is 18.2 Å². The van der Waals surface area contributed by atoms with Crippen LogP contribution in [-0.2, 0) is 16.1 Å². The lowest BCUT2D eigenvalue weighted by Crippen LogP contribution is -2.23. The first-order chi connectivity index (χ1) is 15.4. The van der Waals surface area contributed by atoms with Crippen molar-refractivity contribution in [3.8, 4) is 11.5 Å². The molecule has 164 valence electrons. The van der Waals surface area contributed by atoms with Crippen molar-refractivity contribution in [2.75, 3.05) is 19.0 Å². The second-order valence-corrected chi connectivity index (χ2v) is 7.11. The molecule has 3 aromatic rings. The third-order valence-electron chi connectivity index (χ3n) is 5.14. The van der Waals surface area contributed by atoms with Crippen LogP contribution in [0.25, 0.3) is 22.6 Å². The van der Waals surface area contributed by atoms with Crippen molar-refractivity contribution >= 4 is 40.1 Å². The molecule has 1 amide bonds. The van der Waals surface area contributed by atoms with Gasteiger partial charge in [-0.05, 0) is 49.3 Å². The second kappa shape index (κ2) is 8.54. The number of ether oxygens (including phenoxy) is 2. The van der Waals surface area contributed by atoms with E-state index in [0.717, 1.165) is 11.1 Å². The number of hydrogen-bond donors (Lipinski definition) is 2. The number of amides is 1. The number of carboxylic acids is 1. The first-order valence-electron chi connectivity index (χ1n) is 10.0. The van der Waals surface area contributed by atoms with Gasteiger partial charge in [0.05, 0.1) is 24.6 Å². The summed E-state index contributed by atoms with van der Waals surface area (Å²) in [4.78, 5) is 39.9. The summed E-state index contributed by atoms with van der Waals surface area (Å²) in [6.45, 7) is 2.89. The Morgan fingerprint density at radius 1 is 1.28 bits per heavy atom. The molecule has 32 heavy (non-hydrogen) atoms. The number of nitrogens with one attached hydrogen (secondary N) is 1. The van der Waals surface area contributed by atoms with Gasteiger partial charge in [0.2, 0.25) is 0 Å². The molecule has 1 aromatic heterocycles. The molecule has 0 radical (unpaired) electrons. The molecule has 1 aliphatic heterocycles. The van der Waals surface area contributed by atoms with Crippen LogP contribution in [0.4, 0.5) is 5.69 Å². The Morgan fingerprint density at radius 2 is 2.09 bits per heavy atom. The molecular formula is C23H21N3O6. The van der Waals surface area contributed by atoms with Gasteiger partial charge in [-0.1, -0.05) is 12.1 Å². The molecule has 2 N–H and O–H groups in total. The number of nitrogens with zero attached hydrogens (tertiary/aromatic N) is 2. The van der Waals surface area contributed by atoms with Gasteiger partial charge in [-0.2, -0.15) is 0 Å². The largest absolute Gasteiger partial charge is 0.492 e. The highest BCUT2D eigenvalue weighted by molar-refractivity contribution is 6.36. The van der Waals surface area contributed by atoms with Gasteiger partial charge in [-0.15, -0.1) is 0 Å². The quantitative estimate of drug-likeness (QED) is 0.591. The summed E-state index contributed by atoms with van der Waals surface area (Å²) in [6.07, 6.45) is 2.54. The Balaban J connectivity index is 1.80. The predicted molar refractivity (Wildman–Crippen MR) is 119 cm³/mol. The van der Waals surface area contributed by atoms with Crippen LogP contribution in [0.1, 0.15) is 24.7 Å². The normalized spacial score (nSPS) is 13.8. The number of carbonyl (C=O) groups is 2. The molecule has 0 atom stereocenters. The summed E-state index contributed by atoms with van der Waals surface area (Å²) in [5, 5.41) is 11.5. The molecule has 0 bridgehead atoms. The van der Waals surface area contributed by atoms with Crippen LogP contribution in [0.3, 0.4) is 0 Å². The minimum Gasteiger partial charge on any atom is -0.492 e. The number of aliphatic carboxylic acids is 1. The van der Waals surface area contributed by atoms with Crippen LogP contribution >= 0.6 is 0 Å². The minimum atomic E-state index is -1.60. The minimum absolute atomic E-state index is 0.195. The molecule has 0 unspecified atom stereocenters. The SMILES string of the molecule is CCOc1cccc(/C=C2/CCn3c2nc2cc(NC(=O)C(=O)O)ccc2c3=O)c1OC. The zero-order valence-corrected chi connectivity index (χ0v) is 17.5. The maximum Gasteiger partial charge on any atom is 0.394 e. The maximum atomic E-state index is 13.0. The number of anilines is 1. The molecule has 1 aliphatic rings. The monoisotopic (exact) mass is 435 g/mol. The standard InChI is InChI=1S/C23H21N3O6/c1-3-32-18-6-4-5-13(19(18)31-2)11-14-9-10-26-20(14)25-17-12-15(24-21(27)23(29)30)7-8-16(17)22(26)28/h4-8,11-12H,3,9-10H2,1-2H3,(H,24,27)(H,29,30)/b14-11-. The number of para-hydroxylation sites is 1. The van der Waals surface area contributed by atoms with Crippen molar-refractivity contribution < 1.29 is 24.2 Å². The fraction of sp³-hybridized carbons (Fsp3) is 0.217. The molecule has 0 spiro atoms. The van der Waals surface area contributed by atoms with Gasteiger partial charge in [0.25, 0.3) is 5.56 Å². The molecule has 2 heterocycles. The number of allylic oxidation sites excluding steroid dienone is 1. The first kappa shape index (κ1) is 21.1. The number of methoxy groups -OCH3 is 1. The Bertz CT molecular complexity index is 1330. The molecule has 0 saturated carbocycles. The summed E-state index contributed by atoms with van der Waals surface area (Å²) in [5.41, 5.74) is 2.08. The molecule has 4 rings (SSSR count). The summed E-state index contributed by atoms with van der Waals surface area (Å²) < 4.78 is 12.8. The zero-order valence-electron chi connectivity index (χ0n) is 17.5. The Hall–Kier alpha value is -4.14. The fourth-order valence-corrected chi connectivity index (χ4v) is 3.74. The van der Waals surface area contributed by atoms with Gasteiger partial charge in [-0.3, -0.25) is 14.2 Å². The van der Waals surface area contributed by atoms with E-state index in [1.54, 1.807) is 11.7 Å². The van der Waals surface area contributed by atoms with Crippen LogP contribution in [0, 0.1) is 0 Å². The Labute approximate surface area is 182 Å². The van der Waals surface area contributed by atoms with Crippen molar-refractivity contribution in [1.82, 2.24) is 9.55 Å². The highest BCUT2D eigenvalue weighted by atomic mass is 16.5. The van der Waals surface area contributed by atoms with E-state index in [4.69, 9.17) is 14.6 Å². The third-order valence-corrected chi connectivity index (χ3v) is 5.14. The second-order valence-electron chi connectivity index (χ2n) is 7.11. The summed E-state index contributed by atoms with van der Waals surface area (Å²) in [5.74, 6) is -1.01. The number of fused-ring (bicyclic) bond motifs is 2. The Morgan fingerprint density at radius 3 is 2.81 bits per heavy atom. The van der Waals surface area contributed by atoms with Crippen LogP contribution in [0.2, 0.25) is 0 Å². The van der Waals surface area contributed by atoms with Crippen molar-refractivity contribution in [3.63, 3.8) is 0 Å². The van der Waals surface area contributed by atoms with Crippen molar-refractivity contribution in [1.29, 1.82) is 0 Å². The number of benzene rings is 2. The van der Waals surface area contributed by atoms with Crippen LogP contribution in [0.15, 0.2) is 41.2 Å². The summed E-state index contributed by atoms with van der Waals surface area (Å²) in [6, 6.07) is 10.1. The first-order valence-corrected chi connectivity index (χ1v) is 10.0. The number of carbonyl (C=O) groups excluding carboxylic acids is 1. The van der Waals surface area contributed by atoms with E-state index in [1.807, 2.05) is 31.2 Å². The van der Waals surface area contributed by atoms with E-state index in [-0.39, 0.29) is 11.2 Å². The van der Waals surface area contributed by atoms with Crippen LogP contribution in [0.5, 0.6) is 11.5 Å². The summed E-state index contributed by atoms with van der Waals surface area (Å²) in [7, 11) is 1.58. The van der Waals surface area contributed by atoms with Crippen molar-refractivity contribution in [3.05, 3.63) is 58.1 Å². The van der Waals surface area contributed by atoms with Gasteiger partial charge in [0.1, 0.15) is 5.82 Å². The highest BCUT2D eigenvalue weighted by Gasteiger charge is 2.22. The van der Waals surface area contributed by atoms with Crippen molar-refractivity contribution in [2.45, 2.75) is 19.9 Å². The van der Waals surface area contributed by atoms with Crippen LogP contribution < -0.4 is 20.3 Å². The fourth-order valence-electron chi connectivity index (χ4n) is 3.74. The topological polar surface area (TPSA) is 120 Å².